The number of hydrogen-bond donors (Lipinski definition) is 0. The van der Waals surface area contributed by atoms with Crippen molar-refractivity contribution in [2.75, 3.05) is 18.5 Å². The molecule has 0 radical (unpaired) electrons. The summed E-state index contributed by atoms with van der Waals surface area (Å²) >= 11 is 3.03. The summed E-state index contributed by atoms with van der Waals surface area (Å²) in [4.78, 5) is 1.45. The number of hydrogen-bond acceptors (Lipinski definition) is 2. The molecule has 18 heavy (non-hydrogen) atoms. The van der Waals surface area contributed by atoms with Gasteiger partial charge in [0, 0.05) is 23.8 Å². The quantitative estimate of drug-likeness (QED) is 0.839. The number of rotatable bonds is 3. The highest BCUT2D eigenvalue weighted by Crippen LogP contribution is 2.38. The minimum absolute atomic E-state index is 0.0767. The zero-order chi connectivity index (χ0) is 13.9. The van der Waals surface area contributed by atoms with Gasteiger partial charge in [-0.05, 0) is 25.1 Å². The fraction of sp³-hybridized carbons (Fsp3) is 0.417. The molecule has 0 saturated heterocycles. The van der Waals surface area contributed by atoms with Crippen LogP contribution in [0.1, 0.15) is 12.5 Å². The summed E-state index contributed by atoms with van der Waals surface area (Å²) in [5.74, 6) is -0.334. The third-order valence-corrected chi connectivity index (χ3v) is 2.94. The van der Waals surface area contributed by atoms with E-state index in [0.29, 0.717) is 4.47 Å². The zero-order valence-corrected chi connectivity index (χ0v) is 11.5. The van der Waals surface area contributed by atoms with Crippen LogP contribution < -0.4 is 4.90 Å². The summed E-state index contributed by atoms with van der Waals surface area (Å²) < 4.78 is 39.1. The number of nitrogens with zero attached hydrogens (tertiary/aromatic N) is 2. The second kappa shape index (κ2) is 5.61. The molecule has 0 spiro atoms. The normalized spacial score (nSPS) is 12.9. The van der Waals surface area contributed by atoms with E-state index in [4.69, 9.17) is 5.26 Å². The monoisotopic (exact) mass is 320 g/mol. The van der Waals surface area contributed by atoms with Crippen LogP contribution >= 0.6 is 15.9 Å². The lowest BCUT2D eigenvalue weighted by Crippen LogP contribution is -2.25. The first-order valence-electron chi connectivity index (χ1n) is 5.23. The van der Waals surface area contributed by atoms with Crippen molar-refractivity contribution in [3.05, 3.63) is 28.2 Å². The smallest absolute Gasteiger partial charge is 0.373 e. The second-order valence-corrected chi connectivity index (χ2v) is 4.99. The molecule has 98 valence electrons. The lowest BCUT2D eigenvalue weighted by molar-refractivity contribution is -0.137. The lowest BCUT2D eigenvalue weighted by atomic mass is 10.1. The molecule has 1 aromatic carbocycles. The molecular formula is C12H12BrF3N2. The van der Waals surface area contributed by atoms with E-state index in [2.05, 4.69) is 15.9 Å². The van der Waals surface area contributed by atoms with Crippen molar-refractivity contribution in [3.63, 3.8) is 0 Å². The van der Waals surface area contributed by atoms with Gasteiger partial charge in [0.2, 0.25) is 0 Å². The molecule has 2 nitrogen and oxygen atoms in total. The van der Waals surface area contributed by atoms with Gasteiger partial charge in [-0.15, -0.1) is 0 Å². The van der Waals surface area contributed by atoms with Crippen LogP contribution in [0.4, 0.5) is 18.9 Å². The first-order valence-corrected chi connectivity index (χ1v) is 6.02. The van der Waals surface area contributed by atoms with E-state index in [1.54, 1.807) is 20.0 Å². The lowest BCUT2D eigenvalue weighted by Gasteiger charge is -2.24. The van der Waals surface area contributed by atoms with Crippen molar-refractivity contribution in [2.45, 2.75) is 13.1 Å². The van der Waals surface area contributed by atoms with Crippen LogP contribution in [0.2, 0.25) is 0 Å². The van der Waals surface area contributed by atoms with Crippen LogP contribution in [0, 0.1) is 17.2 Å². The minimum Gasteiger partial charge on any atom is -0.373 e. The SMILES string of the molecule is CC(C#N)CN(C)c1ccc(Br)cc1C(F)(F)F. The number of benzene rings is 1. The first-order chi connectivity index (χ1) is 8.25. The molecule has 0 bridgehead atoms. The zero-order valence-electron chi connectivity index (χ0n) is 9.92. The first kappa shape index (κ1) is 14.8. The van der Waals surface area contributed by atoms with Crippen LogP contribution in [-0.4, -0.2) is 13.6 Å². The maximum absolute atomic E-state index is 12.9. The van der Waals surface area contributed by atoms with Gasteiger partial charge in [-0.3, -0.25) is 0 Å². The van der Waals surface area contributed by atoms with Crippen LogP contribution in [0.3, 0.4) is 0 Å². The maximum Gasteiger partial charge on any atom is 0.418 e. The fourth-order valence-electron chi connectivity index (χ4n) is 1.62. The van der Waals surface area contributed by atoms with Gasteiger partial charge in [0.25, 0.3) is 0 Å². The van der Waals surface area contributed by atoms with Crippen molar-refractivity contribution < 1.29 is 13.2 Å². The van der Waals surface area contributed by atoms with Gasteiger partial charge < -0.3 is 4.90 Å². The number of nitriles is 1. The van der Waals surface area contributed by atoms with Crippen LogP contribution in [-0.2, 0) is 6.18 Å². The largest absolute Gasteiger partial charge is 0.418 e. The summed E-state index contributed by atoms with van der Waals surface area (Å²) in [5.41, 5.74) is -0.627. The summed E-state index contributed by atoms with van der Waals surface area (Å²) in [6.07, 6.45) is -4.41. The summed E-state index contributed by atoms with van der Waals surface area (Å²) in [6.45, 7) is 1.92. The van der Waals surface area contributed by atoms with Crippen LogP contribution in [0.15, 0.2) is 22.7 Å². The molecule has 0 amide bonds. The molecule has 0 N–H and O–H groups in total. The fourth-order valence-corrected chi connectivity index (χ4v) is 1.98. The molecule has 0 heterocycles. The van der Waals surface area contributed by atoms with Crippen LogP contribution in [0.5, 0.6) is 0 Å². The third-order valence-electron chi connectivity index (χ3n) is 2.44. The average Bonchev–Trinajstić information content (AvgIpc) is 2.27. The molecular weight excluding hydrogens is 309 g/mol. The van der Waals surface area contributed by atoms with E-state index >= 15 is 0 Å². The van der Waals surface area contributed by atoms with E-state index in [0.717, 1.165) is 6.07 Å². The molecule has 0 aliphatic carbocycles. The van der Waals surface area contributed by atoms with Gasteiger partial charge in [-0.1, -0.05) is 15.9 Å². The second-order valence-electron chi connectivity index (χ2n) is 4.07. The maximum atomic E-state index is 12.9. The van der Waals surface area contributed by atoms with Crippen molar-refractivity contribution in [2.24, 2.45) is 5.92 Å². The minimum atomic E-state index is -4.41. The number of halogens is 4. The van der Waals surface area contributed by atoms with E-state index < -0.39 is 11.7 Å². The Morgan fingerprint density at radius 2 is 2.06 bits per heavy atom. The van der Waals surface area contributed by atoms with Crippen molar-refractivity contribution in [3.8, 4) is 6.07 Å². The highest BCUT2D eigenvalue weighted by molar-refractivity contribution is 9.10. The molecule has 0 aliphatic heterocycles. The molecule has 1 rings (SSSR count). The molecule has 6 heteroatoms. The highest BCUT2D eigenvalue weighted by Gasteiger charge is 2.34. The van der Waals surface area contributed by atoms with Gasteiger partial charge in [0.15, 0.2) is 0 Å². The van der Waals surface area contributed by atoms with Crippen molar-refractivity contribution >= 4 is 21.6 Å². The predicted molar refractivity (Wildman–Crippen MR) is 67.2 cm³/mol. The van der Waals surface area contributed by atoms with Gasteiger partial charge in [0.1, 0.15) is 0 Å². The molecule has 1 unspecified atom stereocenters. The molecule has 1 atom stereocenters. The van der Waals surface area contributed by atoms with E-state index in [1.165, 1.54) is 11.0 Å². The van der Waals surface area contributed by atoms with Crippen molar-refractivity contribution in [1.82, 2.24) is 0 Å². The summed E-state index contributed by atoms with van der Waals surface area (Å²) in [6, 6.07) is 6.00. The van der Waals surface area contributed by atoms with Crippen LogP contribution in [0.25, 0.3) is 0 Å². The predicted octanol–water partition coefficient (Wildman–Crippen LogP) is 4.06. The Hall–Kier alpha value is -1.22. The average molecular weight is 321 g/mol. The molecule has 1 aromatic rings. The Balaban J connectivity index is 3.13. The Morgan fingerprint density at radius 1 is 1.44 bits per heavy atom. The van der Waals surface area contributed by atoms with Crippen molar-refractivity contribution in [1.29, 1.82) is 5.26 Å². The van der Waals surface area contributed by atoms with Gasteiger partial charge in [0.05, 0.1) is 17.6 Å². The number of anilines is 1. The Bertz CT molecular complexity index is 465. The Morgan fingerprint density at radius 3 is 2.56 bits per heavy atom. The summed E-state index contributed by atoms with van der Waals surface area (Å²) in [5, 5.41) is 8.70. The Labute approximate surface area is 112 Å². The Kier molecular flexibility index (Phi) is 4.63. The van der Waals surface area contributed by atoms with E-state index in [-0.39, 0.29) is 18.2 Å². The molecule has 0 aliphatic rings. The molecule has 0 aromatic heterocycles. The molecule has 0 fully saturated rings. The van der Waals surface area contributed by atoms with E-state index in [1.807, 2.05) is 6.07 Å². The van der Waals surface area contributed by atoms with Gasteiger partial charge >= 0.3 is 6.18 Å². The molecule has 0 saturated carbocycles. The summed E-state index contributed by atoms with van der Waals surface area (Å²) in [7, 11) is 1.55. The van der Waals surface area contributed by atoms with E-state index in [9.17, 15) is 13.2 Å². The number of alkyl halides is 3. The third kappa shape index (κ3) is 3.64. The standard InChI is InChI=1S/C12H12BrF3N2/c1-8(6-17)7-18(2)11-4-3-9(13)5-10(11)12(14,15)16/h3-5,8H,7H2,1-2H3. The highest BCUT2D eigenvalue weighted by atomic mass is 79.9. The topological polar surface area (TPSA) is 27.0 Å². The van der Waals surface area contributed by atoms with Gasteiger partial charge in [-0.25, -0.2) is 0 Å². The van der Waals surface area contributed by atoms with Gasteiger partial charge in [-0.2, -0.15) is 18.4 Å².